The number of carbonyl (C=O) groups is 2. The molecular formula is C29H31N5O3. The first-order chi connectivity index (χ1) is 17.8. The van der Waals surface area contributed by atoms with Crippen molar-refractivity contribution in [2.45, 2.75) is 45.4 Å². The van der Waals surface area contributed by atoms with Crippen molar-refractivity contribution in [3.05, 3.63) is 75.6 Å². The minimum Gasteiger partial charge on any atom is -0.465 e. The number of piperidine rings is 1. The average molecular weight is 498 g/mol. The predicted molar refractivity (Wildman–Crippen MR) is 140 cm³/mol. The number of H-pyrrole nitrogens is 1. The molecule has 190 valence electrons. The van der Waals surface area contributed by atoms with Gasteiger partial charge in [0.2, 0.25) is 0 Å². The highest BCUT2D eigenvalue weighted by Gasteiger charge is 2.27. The number of aryl methyl sites for hydroxylation is 2. The lowest BCUT2D eigenvalue weighted by molar-refractivity contribution is 0.0712. The summed E-state index contributed by atoms with van der Waals surface area (Å²) in [6.45, 7) is 6.27. The van der Waals surface area contributed by atoms with Crippen LogP contribution in [-0.2, 0) is 12.8 Å². The summed E-state index contributed by atoms with van der Waals surface area (Å²) in [6.07, 6.45) is 2.06. The van der Waals surface area contributed by atoms with Gasteiger partial charge in [0.25, 0.3) is 5.91 Å². The van der Waals surface area contributed by atoms with Crippen molar-refractivity contribution in [2.24, 2.45) is 0 Å². The highest BCUT2D eigenvalue weighted by atomic mass is 16.4. The monoisotopic (exact) mass is 497 g/mol. The minimum atomic E-state index is -0.899. The van der Waals surface area contributed by atoms with Crippen molar-refractivity contribution in [2.75, 3.05) is 26.2 Å². The predicted octanol–water partition coefficient (Wildman–Crippen LogP) is 4.66. The van der Waals surface area contributed by atoms with Gasteiger partial charge >= 0.3 is 6.09 Å². The number of likely N-dealkylation sites (tertiary alicyclic amines) is 1. The van der Waals surface area contributed by atoms with Crippen molar-refractivity contribution in [3.8, 4) is 17.5 Å². The first-order valence-corrected chi connectivity index (χ1v) is 12.8. The molecule has 5 rings (SSSR count). The Bertz CT molecular complexity index is 1350. The fourth-order valence-electron chi connectivity index (χ4n) is 5.53. The quantitative estimate of drug-likeness (QED) is 0.546. The maximum Gasteiger partial charge on any atom is 0.407 e. The van der Waals surface area contributed by atoms with Crippen LogP contribution < -0.4 is 0 Å². The summed E-state index contributed by atoms with van der Waals surface area (Å²) in [5, 5.41) is 18.3. The van der Waals surface area contributed by atoms with Crippen molar-refractivity contribution >= 4 is 12.0 Å². The molecule has 1 saturated heterocycles. The van der Waals surface area contributed by atoms with Crippen molar-refractivity contribution in [1.29, 1.82) is 5.26 Å². The molecule has 0 atom stereocenters. The molecule has 37 heavy (non-hydrogen) atoms. The zero-order valence-corrected chi connectivity index (χ0v) is 21.3. The number of aromatic nitrogens is 2. The zero-order valence-electron chi connectivity index (χ0n) is 21.3. The number of rotatable bonds is 3. The number of nitrogens with one attached hydrogen (secondary N) is 1. The van der Waals surface area contributed by atoms with E-state index in [0.717, 1.165) is 46.7 Å². The van der Waals surface area contributed by atoms with E-state index in [1.807, 2.05) is 55.1 Å². The summed E-state index contributed by atoms with van der Waals surface area (Å²) < 4.78 is 0. The molecule has 2 aliphatic rings. The van der Waals surface area contributed by atoms with Gasteiger partial charge in [-0.1, -0.05) is 18.2 Å². The molecule has 1 fully saturated rings. The largest absolute Gasteiger partial charge is 0.465 e. The number of hydrogen-bond donors (Lipinski definition) is 2. The Balaban J connectivity index is 1.32. The van der Waals surface area contributed by atoms with E-state index in [-0.39, 0.29) is 5.91 Å². The van der Waals surface area contributed by atoms with Gasteiger partial charge in [-0.3, -0.25) is 4.79 Å². The van der Waals surface area contributed by atoms with Crippen molar-refractivity contribution < 1.29 is 14.7 Å². The lowest BCUT2D eigenvalue weighted by atomic mass is 9.88. The Hall–Kier alpha value is -4.12. The molecule has 2 aromatic carbocycles. The van der Waals surface area contributed by atoms with E-state index in [0.29, 0.717) is 56.1 Å². The Morgan fingerprint density at radius 3 is 2.38 bits per heavy atom. The number of aromatic amines is 1. The standard InChI is InChI=1S/C29H31N5O3/c1-18-15-19(2)24(16-23(18)27-31-25-9-13-34(29(36)37)14-10-26(25)32-27)28(35)33-11-7-22(8-12-33)21-5-3-20(17-30)4-6-21/h3-6,15-16,22H,7-14H2,1-2H3,(H,31,32)(H,36,37). The molecule has 0 spiro atoms. The lowest BCUT2D eigenvalue weighted by Crippen LogP contribution is -2.38. The van der Waals surface area contributed by atoms with Crippen molar-refractivity contribution in [1.82, 2.24) is 19.8 Å². The number of amides is 2. The second-order valence-electron chi connectivity index (χ2n) is 10.1. The molecule has 8 nitrogen and oxygen atoms in total. The number of carbonyl (C=O) groups excluding carboxylic acids is 1. The molecule has 8 heteroatoms. The molecule has 1 aromatic heterocycles. The van der Waals surface area contributed by atoms with Gasteiger partial charge in [-0.05, 0) is 67.5 Å². The van der Waals surface area contributed by atoms with Crippen LogP contribution in [0, 0.1) is 25.2 Å². The molecule has 0 aliphatic carbocycles. The summed E-state index contributed by atoms with van der Waals surface area (Å²) in [7, 11) is 0. The second-order valence-corrected chi connectivity index (χ2v) is 10.1. The molecule has 0 unspecified atom stereocenters. The fraction of sp³-hybridized carbons (Fsp3) is 0.379. The number of benzene rings is 2. The van der Waals surface area contributed by atoms with Crippen LogP contribution in [0.5, 0.6) is 0 Å². The van der Waals surface area contributed by atoms with Crippen LogP contribution in [0.4, 0.5) is 4.79 Å². The van der Waals surface area contributed by atoms with Crippen LogP contribution in [0.15, 0.2) is 36.4 Å². The maximum atomic E-state index is 13.6. The third kappa shape index (κ3) is 4.94. The van der Waals surface area contributed by atoms with E-state index < -0.39 is 6.09 Å². The Labute approximate surface area is 216 Å². The third-order valence-electron chi connectivity index (χ3n) is 7.74. The second kappa shape index (κ2) is 10.1. The Kier molecular flexibility index (Phi) is 6.70. The molecule has 0 bridgehead atoms. The van der Waals surface area contributed by atoms with Crippen molar-refractivity contribution in [3.63, 3.8) is 0 Å². The van der Waals surface area contributed by atoms with E-state index in [9.17, 15) is 14.7 Å². The van der Waals surface area contributed by atoms with Crippen LogP contribution in [0.3, 0.4) is 0 Å². The molecule has 0 saturated carbocycles. The first kappa shape index (κ1) is 24.6. The number of hydrogen-bond acceptors (Lipinski definition) is 4. The number of imidazole rings is 1. The van der Waals surface area contributed by atoms with Crippen LogP contribution in [-0.4, -0.2) is 63.1 Å². The topological polar surface area (TPSA) is 113 Å². The van der Waals surface area contributed by atoms with Gasteiger partial charge in [0.15, 0.2) is 0 Å². The van der Waals surface area contributed by atoms with Gasteiger partial charge < -0.3 is 19.9 Å². The summed E-state index contributed by atoms with van der Waals surface area (Å²) in [5.41, 5.74) is 7.36. The third-order valence-corrected chi connectivity index (χ3v) is 7.74. The molecule has 2 N–H and O–H groups in total. The smallest absolute Gasteiger partial charge is 0.407 e. The Morgan fingerprint density at radius 1 is 1.00 bits per heavy atom. The Morgan fingerprint density at radius 2 is 1.70 bits per heavy atom. The summed E-state index contributed by atoms with van der Waals surface area (Å²) in [5.74, 6) is 1.17. The van der Waals surface area contributed by atoms with Gasteiger partial charge in [-0.2, -0.15) is 5.26 Å². The zero-order chi connectivity index (χ0) is 26.1. The van der Waals surface area contributed by atoms with E-state index in [2.05, 4.69) is 11.1 Å². The van der Waals surface area contributed by atoms with Gasteiger partial charge in [-0.25, -0.2) is 9.78 Å². The molecule has 2 aliphatic heterocycles. The van der Waals surface area contributed by atoms with E-state index in [1.165, 1.54) is 10.5 Å². The van der Waals surface area contributed by atoms with Gasteiger partial charge in [-0.15, -0.1) is 0 Å². The average Bonchev–Trinajstić information content (AvgIpc) is 3.20. The molecular weight excluding hydrogens is 466 g/mol. The number of carboxylic acid groups (broad SMARTS) is 1. The first-order valence-electron chi connectivity index (χ1n) is 12.8. The maximum absolute atomic E-state index is 13.6. The number of nitrogens with zero attached hydrogens (tertiary/aromatic N) is 4. The van der Waals surface area contributed by atoms with Crippen LogP contribution in [0.25, 0.3) is 11.4 Å². The highest BCUT2D eigenvalue weighted by molar-refractivity contribution is 5.97. The van der Waals surface area contributed by atoms with Crippen LogP contribution >= 0.6 is 0 Å². The number of fused-ring (bicyclic) bond motifs is 1. The normalized spacial score (nSPS) is 16.1. The SMILES string of the molecule is Cc1cc(C)c(-c2nc3c([nH]2)CCN(C(=O)O)CC3)cc1C(=O)N1CCC(c2ccc(C#N)cc2)CC1. The molecule has 0 radical (unpaired) electrons. The van der Waals surface area contributed by atoms with Gasteiger partial charge in [0, 0.05) is 55.8 Å². The molecule has 3 heterocycles. The van der Waals surface area contributed by atoms with E-state index in [4.69, 9.17) is 10.2 Å². The van der Waals surface area contributed by atoms with Gasteiger partial charge in [0.1, 0.15) is 5.82 Å². The summed E-state index contributed by atoms with van der Waals surface area (Å²) in [6, 6.07) is 14.0. The van der Waals surface area contributed by atoms with Crippen LogP contribution in [0.1, 0.15) is 62.8 Å². The van der Waals surface area contributed by atoms with E-state index >= 15 is 0 Å². The number of nitriles is 1. The highest BCUT2D eigenvalue weighted by Crippen LogP contribution is 2.31. The van der Waals surface area contributed by atoms with Gasteiger partial charge in [0.05, 0.1) is 17.3 Å². The molecule has 3 aromatic rings. The minimum absolute atomic E-state index is 0.0437. The summed E-state index contributed by atoms with van der Waals surface area (Å²) in [4.78, 5) is 36.5. The molecule has 2 amide bonds. The van der Waals surface area contributed by atoms with E-state index in [1.54, 1.807) is 0 Å². The van der Waals surface area contributed by atoms with Crippen LogP contribution in [0.2, 0.25) is 0 Å². The fourth-order valence-corrected chi connectivity index (χ4v) is 5.53. The summed E-state index contributed by atoms with van der Waals surface area (Å²) >= 11 is 0. The lowest BCUT2D eigenvalue weighted by Gasteiger charge is -2.32.